The molecule has 0 spiro atoms. The fraction of sp³-hybridized carbons (Fsp3) is 0.429. The first kappa shape index (κ1) is 13.1. The molecule has 0 aromatic heterocycles. The van der Waals surface area contributed by atoms with E-state index in [2.05, 4.69) is 10.6 Å². The number of rotatable bonds is 3. The zero-order valence-electron chi connectivity index (χ0n) is 10.2. The summed E-state index contributed by atoms with van der Waals surface area (Å²) in [4.78, 5) is 0.269. The lowest BCUT2D eigenvalue weighted by Gasteiger charge is -2.32. The van der Waals surface area contributed by atoms with Crippen LogP contribution in [0, 0.1) is 12.3 Å². The molecular formula is C14H17NO2S. The third-order valence-corrected chi connectivity index (χ3v) is 4.92. The molecule has 0 aliphatic heterocycles. The van der Waals surface area contributed by atoms with Crippen molar-refractivity contribution in [3.63, 3.8) is 0 Å². The zero-order valence-corrected chi connectivity index (χ0v) is 11.0. The minimum absolute atomic E-state index is 0.269. The van der Waals surface area contributed by atoms with Gasteiger partial charge < -0.3 is 0 Å². The van der Waals surface area contributed by atoms with Crippen LogP contribution >= 0.6 is 0 Å². The van der Waals surface area contributed by atoms with Gasteiger partial charge in [-0.05, 0) is 25.0 Å². The topological polar surface area (TPSA) is 46.2 Å². The van der Waals surface area contributed by atoms with Gasteiger partial charge in [0.25, 0.3) is 0 Å². The molecule has 0 amide bonds. The molecule has 0 heterocycles. The molecule has 1 aromatic rings. The first-order valence-electron chi connectivity index (χ1n) is 6.15. The van der Waals surface area contributed by atoms with Crippen LogP contribution in [0.1, 0.15) is 32.1 Å². The average molecular weight is 263 g/mol. The summed E-state index contributed by atoms with van der Waals surface area (Å²) >= 11 is 0. The van der Waals surface area contributed by atoms with Gasteiger partial charge in [0.1, 0.15) is 0 Å². The molecule has 0 radical (unpaired) electrons. The molecule has 1 fully saturated rings. The Bertz CT molecular complexity index is 537. The molecule has 0 unspecified atom stereocenters. The van der Waals surface area contributed by atoms with E-state index in [0.717, 1.165) is 32.1 Å². The highest BCUT2D eigenvalue weighted by atomic mass is 32.2. The maximum absolute atomic E-state index is 12.3. The van der Waals surface area contributed by atoms with Crippen molar-refractivity contribution in [3.05, 3.63) is 30.3 Å². The number of hydrogen-bond acceptors (Lipinski definition) is 2. The Labute approximate surface area is 109 Å². The first-order valence-corrected chi connectivity index (χ1v) is 7.63. The van der Waals surface area contributed by atoms with Crippen LogP contribution in [0.3, 0.4) is 0 Å². The molecule has 18 heavy (non-hydrogen) atoms. The zero-order chi connectivity index (χ0) is 13.1. The first-order chi connectivity index (χ1) is 8.58. The predicted molar refractivity (Wildman–Crippen MR) is 71.4 cm³/mol. The van der Waals surface area contributed by atoms with Crippen molar-refractivity contribution < 1.29 is 8.42 Å². The third-order valence-electron chi connectivity index (χ3n) is 3.37. The minimum atomic E-state index is -3.52. The van der Waals surface area contributed by atoms with Crippen molar-refractivity contribution in [1.82, 2.24) is 4.72 Å². The van der Waals surface area contributed by atoms with E-state index in [4.69, 9.17) is 6.42 Å². The summed E-state index contributed by atoms with van der Waals surface area (Å²) in [5.41, 5.74) is -0.701. The molecule has 1 saturated carbocycles. The molecule has 1 aromatic carbocycles. The molecule has 0 bridgehead atoms. The maximum atomic E-state index is 12.3. The number of nitrogens with one attached hydrogen (secondary N) is 1. The van der Waals surface area contributed by atoms with E-state index < -0.39 is 15.6 Å². The van der Waals surface area contributed by atoms with Crippen LogP contribution in [0.2, 0.25) is 0 Å². The lowest BCUT2D eigenvalue weighted by Crippen LogP contribution is -2.48. The molecule has 3 nitrogen and oxygen atoms in total. The van der Waals surface area contributed by atoms with E-state index in [1.54, 1.807) is 30.3 Å². The van der Waals surface area contributed by atoms with Crippen LogP contribution < -0.4 is 4.72 Å². The quantitative estimate of drug-likeness (QED) is 0.851. The summed E-state index contributed by atoms with van der Waals surface area (Å²) < 4.78 is 27.2. The Morgan fingerprint density at radius 3 is 2.28 bits per heavy atom. The largest absolute Gasteiger partial charge is 0.241 e. The van der Waals surface area contributed by atoms with Gasteiger partial charge in [-0.15, -0.1) is 6.42 Å². The summed E-state index contributed by atoms with van der Waals surface area (Å²) in [5, 5.41) is 0. The Hall–Kier alpha value is -1.31. The Balaban J connectivity index is 2.25. The highest BCUT2D eigenvalue weighted by molar-refractivity contribution is 7.89. The number of sulfonamides is 1. The van der Waals surface area contributed by atoms with Gasteiger partial charge in [-0.2, -0.15) is 4.72 Å². The van der Waals surface area contributed by atoms with Gasteiger partial charge in [-0.25, -0.2) is 8.42 Å². The van der Waals surface area contributed by atoms with Gasteiger partial charge >= 0.3 is 0 Å². The molecule has 1 aliphatic carbocycles. The molecule has 1 aliphatic rings. The second-order valence-corrected chi connectivity index (χ2v) is 6.39. The summed E-state index contributed by atoms with van der Waals surface area (Å²) in [5.74, 6) is 2.65. The number of benzene rings is 1. The lowest BCUT2D eigenvalue weighted by molar-refractivity contribution is 0.341. The van der Waals surface area contributed by atoms with Crippen molar-refractivity contribution in [1.29, 1.82) is 0 Å². The van der Waals surface area contributed by atoms with E-state index in [-0.39, 0.29) is 4.90 Å². The Morgan fingerprint density at radius 2 is 1.72 bits per heavy atom. The minimum Gasteiger partial charge on any atom is -0.207 e. The van der Waals surface area contributed by atoms with Crippen molar-refractivity contribution in [2.75, 3.05) is 0 Å². The smallest absolute Gasteiger partial charge is 0.207 e. The van der Waals surface area contributed by atoms with Gasteiger partial charge in [0.05, 0.1) is 10.4 Å². The van der Waals surface area contributed by atoms with E-state index in [1.807, 2.05) is 0 Å². The molecule has 0 saturated heterocycles. The number of hydrogen-bond donors (Lipinski definition) is 1. The molecule has 0 atom stereocenters. The van der Waals surface area contributed by atoms with Crippen LogP contribution in [0.25, 0.3) is 0 Å². The molecular weight excluding hydrogens is 246 g/mol. The van der Waals surface area contributed by atoms with Gasteiger partial charge in [0.2, 0.25) is 10.0 Å². The average Bonchev–Trinajstić information content (AvgIpc) is 2.40. The summed E-state index contributed by atoms with van der Waals surface area (Å²) in [7, 11) is -3.52. The fourth-order valence-electron chi connectivity index (χ4n) is 2.35. The van der Waals surface area contributed by atoms with Gasteiger partial charge in [0.15, 0.2) is 0 Å². The fourth-order valence-corrected chi connectivity index (χ4v) is 3.76. The van der Waals surface area contributed by atoms with Crippen molar-refractivity contribution in [2.24, 2.45) is 0 Å². The maximum Gasteiger partial charge on any atom is 0.241 e. The molecule has 4 heteroatoms. The number of terminal acetylenes is 1. The van der Waals surface area contributed by atoms with Crippen LogP contribution in [0.15, 0.2) is 35.2 Å². The van der Waals surface area contributed by atoms with Crippen molar-refractivity contribution in [2.45, 2.75) is 42.5 Å². The van der Waals surface area contributed by atoms with Crippen molar-refractivity contribution in [3.8, 4) is 12.3 Å². The lowest BCUT2D eigenvalue weighted by atomic mass is 9.83. The molecule has 1 N–H and O–H groups in total. The second-order valence-electron chi connectivity index (χ2n) is 4.71. The van der Waals surface area contributed by atoms with Crippen LogP contribution in [-0.2, 0) is 10.0 Å². The van der Waals surface area contributed by atoms with E-state index >= 15 is 0 Å². The standard InChI is InChI=1S/C14H17NO2S/c1-2-14(11-7-4-8-12-14)15-18(16,17)13-9-5-3-6-10-13/h1,3,5-6,9-10,15H,4,7-8,11-12H2. The Kier molecular flexibility index (Phi) is 3.74. The Morgan fingerprint density at radius 1 is 1.11 bits per heavy atom. The SMILES string of the molecule is C#CC1(NS(=O)(=O)c2ccccc2)CCCCC1. The van der Waals surface area contributed by atoms with Gasteiger partial charge in [-0.3, -0.25) is 0 Å². The normalized spacial score (nSPS) is 19.1. The summed E-state index contributed by atoms with van der Waals surface area (Å²) in [6.07, 6.45) is 10.1. The van der Waals surface area contributed by atoms with E-state index in [9.17, 15) is 8.42 Å². The van der Waals surface area contributed by atoms with Crippen molar-refractivity contribution >= 4 is 10.0 Å². The molecule has 2 rings (SSSR count). The highest BCUT2D eigenvalue weighted by Crippen LogP contribution is 2.29. The monoisotopic (exact) mass is 263 g/mol. The van der Waals surface area contributed by atoms with Crippen LogP contribution in [0.4, 0.5) is 0 Å². The summed E-state index contributed by atoms with van der Waals surface area (Å²) in [6, 6.07) is 8.36. The van der Waals surface area contributed by atoms with E-state index in [1.165, 1.54) is 0 Å². The predicted octanol–water partition coefficient (Wildman–Crippen LogP) is 2.30. The summed E-state index contributed by atoms with van der Waals surface area (Å²) in [6.45, 7) is 0. The van der Waals surface area contributed by atoms with Gasteiger partial charge in [-0.1, -0.05) is 43.4 Å². The van der Waals surface area contributed by atoms with Gasteiger partial charge in [0, 0.05) is 0 Å². The second kappa shape index (κ2) is 5.13. The molecule has 96 valence electrons. The third kappa shape index (κ3) is 2.74. The van der Waals surface area contributed by atoms with E-state index in [0.29, 0.717) is 0 Å². The van der Waals surface area contributed by atoms with Crippen LogP contribution in [0.5, 0.6) is 0 Å². The highest BCUT2D eigenvalue weighted by Gasteiger charge is 2.34. The van der Waals surface area contributed by atoms with Crippen LogP contribution in [-0.4, -0.2) is 14.0 Å².